The van der Waals surface area contributed by atoms with E-state index in [2.05, 4.69) is 28.3 Å². The molecule has 26 heavy (non-hydrogen) atoms. The Morgan fingerprint density at radius 3 is 2.73 bits per heavy atom. The van der Waals surface area contributed by atoms with Gasteiger partial charge in [-0.3, -0.25) is 4.79 Å². The van der Waals surface area contributed by atoms with Crippen molar-refractivity contribution in [3.05, 3.63) is 53.2 Å². The first kappa shape index (κ1) is 18.3. The lowest BCUT2D eigenvalue weighted by atomic mass is 10.2. The third kappa shape index (κ3) is 4.38. The number of hydrogen-bond acceptors (Lipinski definition) is 5. The Hall–Kier alpha value is -2.47. The summed E-state index contributed by atoms with van der Waals surface area (Å²) in [6.45, 7) is 6.07. The molecule has 1 N–H and O–H groups in total. The van der Waals surface area contributed by atoms with E-state index in [0.717, 1.165) is 28.0 Å². The van der Waals surface area contributed by atoms with Crippen molar-refractivity contribution in [3.8, 4) is 0 Å². The van der Waals surface area contributed by atoms with E-state index in [1.807, 2.05) is 42.2 Å². The van der Waals surface area contributed by atoms with Crippen LogP contribution >= 0.6 is 11.3 Å². The van der Waals surface area contributed by atoms with Crippen molar-refractivity contribution in [2.75, 3.05) is 18.4 Å². The Morgan fingerprint density at radius 2 is 2.00 bits per heavy atom. The largest absolute Gasteiger partial charge is 0.369 e. The van der Waals surface area contributed by atoms with Crippen LogP contribution in [0.3, 0.4) is 0 Å². The maximum atomic E-state index is 12.5. The first-order valence-corrected chi connectivity index (χ1v) is 9.82. The van der Waals surface area contributed by atoms with E-state index in [-0.39, 0.29) is 5.91 Å². The number of amides is 1. The van der Waals surface area contributed by atoms with Crippen molar-refractivity contribution in [2.45, 2.75) is 33.2 Å². The Morgan fingerprint density at radius 1 is 1.19 bits per heavy atom. The maximum Gasteiger partial charge on any atom is 0.224 e. The van der Waals surface area contributed by atoms with Crippen molar-refractivity contribution in [1.29, 1.82) is 0 Å². The van der Waals surface area contributed by atoms with Crippen LogP contribution in [-0.4, -0.2) is 33.9 Å². The number of anilines is 1. The van der Waals surface area contributed by atoms with Gasteiger partial charge in [0.25, 0.3) is 0 Å². The molecule has 0 fully saturated rings. The van der Waals surface area contributed by atoms with Gasteiger partial charge < -0.3 is 10.2 Å². The Bertz CT molecular complexity index is 863. The number of benzene rings is 1. The molecule has 0 saturated heterocycles. The second-order valence-electron chi connectivity index (χ2n) is 6.08. The average molecular weight is 369 g/mol. The fourth-order valence-electron chi connectivity index (χ4n) is 2.85. The molecule has 0 atom stereocenters. The minimum absolute atomic E-state index is 0.147. The van der Waals surface area contributed by atoms with Crippen LogP contribution in [-0.2, 0) is 17.8 Å². The summed E-state index contributed by atoms with van der Waals surface area (Å²) in [7, 11) is 0. The van der Waals surface area contributed by atoms with Gasteiger partial charge >= 0.3 is 0 Å². The highest BCUT2D eigenvalue weighted by molar-refractivity contribution is 7.18. The molecule has 136 valence electrons. The van der Waals surface area contributed by atoms with E-state index in [1.54, 1.807) is 17.7 Å². The molecule has 0 saturated carbocycles. The summed E-state index contributed by atoms with van der Waals surface area (Å²) in [5, 5.41) is 4.35. The molecule has 6 heteroatoms. The molecule has 0 bridgehead atoms. The number of nitrogens with zero attached hydrogens (tertiary/aromatic N) is 3. The smallest absolute Gasteiger partial charge is 0.224 e. The van der Waals surface area contributed by atoms with E-state index < -0.39 is 0 Å². The third-order valence-electron chi connectivity index (χ3n) is 4.31. The number of thiophene rings is 1. The number of rotatable bonds is 8. The lowest BCUT2D eigenvalue weighted by Gasteiger charge is -2.21. The van der Waals surface area contributed by atoms with Crippen LogP contribution in [0.4, 0.5) is 5.82 Å². The molecule has 3 aromatic rings. The summed E-state index contributed by atoms with van der Waals surface area (Å²) in [6, 6.07) is 12.2. The zero-order valence-corrected chi connectivity index (χ0v) is 16.1. The quantitative estimate of drug-likeness (QED) is 0.650. The highest BCUT2D eigenvalue weighted by atomic mass is 32.1. The predicted molar refractivity (Wildman–Crippen MR) is 107 cm³/mol. The molecular formula is C20H24N4OS. The van der Waals surface area contributed by atoms with E-state index in [9.17, 15) is 4.79 Å². The normalized spacial score (nSPS) is 10.8. The SMILES string of the molecule is CCc1cc2c(NCCC(=O)N(CC)Cc3ccccc3)ncnc2s1. The highest BCUT2D eigenvalue weighted by Gasteiger charge is 2.13. The summed E-state index contributed by atoms with van der Waals surface area (Å²) >= 11 is 1.69. The van der Waals surface area contributed by atoms with Gasteiger partial charge in [-0.15, -0.1) is 11.3 Å². The number of fused-ring (bicyclic) bond motifs is 1. The van der Waals surface area contributed by atoms with Crippen LogP contribution in [0.15, 0.2) is 42.7 Å². The molecule has 2 heterocycles. The van der Waals surface area contributed by atoms with Crippen LogP contribution in [0.25, 0.3) is 10.2 Å². The molecule has 1 aromatic carbocycles. The van der Waals surface area contributed by atoms with Gasteiger partial charge in [-0.05, 0) is 25.0 Å². The standard InChI is InChI=1S/C20H24N4OS/c1-3-16-12-17-19(22-14-23-20(17)26-16)21-11-10-18(25)24(4-2)13-15-8-6-5-7-9-15/h5-9,12,14H,3-4,10-11,13H2,1-2H3,(H,21,22,23). The molecule has 3 rings (SSSR count). The van der Waals surface area contributed by atoms with Gasteiger partial charge in [0, 0.05) is 30.9 Å². The van der Waals surface area contributed by atoms with Crippen molar-refractivity contribution in [2.24, 2.45) is 0 Å². The van der Waals surface area contributed by atoms with Crippen molar-refractivity contribution in [3.63, 3.8) is 0 Å². The Kier molecular flexibility index (Phi) is 6.17. The Labute approximate surface area is 158 Å². The van der Waals surface area contributed by atoms with Gasteiger partial charge in [0.1, 0.15) is 17.0 Å². The minimum Gasteiger partial charge on any atom is -0.369 e. The van der Waals surface area contributed by atoms with E-state index in [1.165, 1.54) is 4.88 Å². The summed E-state index contributed by atoms with van der Waals surface area (Å²) in [4.78, 5) is 25.4. The van der Waals surface area contributed by atoms with E-state index in [4.69, 9.17) is 0 Å². The molecule has 0 aliphatic rings. The van der Waals surface area contributed by atoms with Gasteiger partial charge in [0.15, 0.2) is 0 Å². The van der Waals surface area contributed by atoms with Gasteiger partial charge in [0.05, 0.1) is 5.39 Å². The van der Waals surface area contributed by atoms with Crippen LogP contribution in [0.5, 0.6) is 0 Å². The van der Waals surface area contributed by atoms with Crippen LogP contribution < -0.4 is 5.32 Å². The van der Waals surface area contributed by atoms with Crippen molar-refractivity contribution >= 4 is 33.3 Å². The van der Waals surface area contributed by atoms with Crippen LogP contribution in [0.2, 0.25) is 0 Å². The molecule has 0 unspecified atom stereocenters. The highest BCUT2D eigenvalue weighted by Crippen LogP contribution is 2.28. The van der Waals surface area contributed by atoms with Crippen molar-refractivity contribution < 1.29 is 4.79 Å². The fourth-order valence-corrected chi connectivity index (χ4v) is 3.78. The summed E-state index contributed by atoms with van der Waals surface area (Å²) in [5.41, 5.74) is 1.15. The van der Waals surface area contributed by atoms with Crippen molar-refractivity contribution in [1.82, 2.24) is 14.9 Å². The topological polar surface area (TPSA) is 58.1 Å². The maximum absolute atomic E-state index is 12.5. The van der Waals surface area contributed by atoms with Gasteiger partial charge in [-0.25, -0.2) is 9.97 Å². The molecule has 0 aliphatic carbocycles. The number of carbonyl (C=O) groups excluding carboxylic acids is 1. The molecular weight excluding hydrogens is 344 g/mol. The van der Waals surface area contributed by atoms with Crippen LogP contribution in [0, 0.1) is 0 Å². The fraction of sp³-hybridized carbons (Fsp3) is 0.350. The second kappa shape index (κ2) is 8.76. The lowest BCUT2D eigenvalue weighted by molar-refractivity contribution is -0.131. The number of aromatic nitrogens is 2. The van der Waals surface area contributed by atoms with Gasteiger partial charge in [-0.2, -0.15) is 0 Å². The molecule has 1 amide bonds. The predicted octanol–water partition coefficient (Wildman–Crippen LogP) is 4.10. The first-order chi connectivity index (χ1) is 12.7. The van der Waals surface area contributed by atoms with Gasteiger partial charge in [-0.1, -0.05) is 37.3 Å². The van der Waals surface area contributed by atoms with E-state index >= 15 is 0 Å². The molecule has 0 radical (unpaired) electrons. The second-order valence-corrected chi connectivity index (χ2v) is 7.19. The summed E-state index contributed by atoms with van der Waals surface area (Å²) in [6.07, 6.45) is 3.01. The number of hydrogen-bond donors (Lipinski definition) is 1. The zero-order valence-electron chi connectivity index (χ0n) is 15.2. The molecule has 0 spiro atoms. The zero-order chi connectivity index (χ0) is 18.4. The number of nitrogens with one attached hydrogen (secondary N) is 1. The third-order valence-corrected chi connectivity index (χ3v) is 5.50. The minimum atomic E-state index is 0.147. The summed E-state index contributed by atoms with van der Waals surface area (Å²) in [5.74, 6) is 0.957. The summed E-state index contributed by atoms with van der Waals surface area (Å²) < 4.78 is 0. The lowest BCUT2D eigenvalue weighted by Crippen LogP contribution is -2.31. The molecule has 0 aliphatic heterocycles. The Balaban J connectivity index is 1.58. The molecule has 2 aromatic heterocycles. The first-order valence-electron chi connectivity index (χ1n) is 9.00. The van der Waals surface area contributed by atoms with Crippen LogP contribution in [0.1, 0.15) is 30.7 Å². The average Bonchev–Trinajstić information content (AvgIpc) is 3.11. The van der Waals surface area contributed by atoms with E-state index in [0.29, 0.717) is 26.1 Å². The molecule has 5 nitrogen and oxygen atoms in total. The van der Waals surface area contributed by atoms with Gasteiger partial charge in [0.2, 0.25) is 5.91 Å². The monoisotopic (exact) mass is 368 g/mol. The number of carbonyl (C=O) groups is 1. The number of aryl methyl sites for hydroxylation is 1.